The number of carbonyl (C=O) groups excluding carboxylic acids is 2. The first-order valence-corrected chi connectivity index (χ1v) is 10.3. The number of carbonyl (C=O) groups is 2. The fraction of sp³-hybridized carbons (Fsp3) is 0.217. The largest absolute Gasteiger partial charge is 0.485 e. The van der Waals surface area contributed by atoms with E-state index in [9.17, 15) is 9.59 Å². The Morgan fingerprint density at radius 2 is 1.93 bits per heavy atom. The predicted octanol–water partition coefficient (Wildman–Crippen LogP) is 4.61. The summed E-state index contributed by atoms with van der Waals surface area (Å²) in [5, 5.41) is 0. The summed E-state index contributed by atoms with van der Waals surface area (Å²) in [6.45, 7) is 1.35. The molecular weight excluding hydrogens is 450 g/mol. The minimum atomic E-state index is -0.533. The zero-order valence-corrected chi connectivity index (χ0v) is 18.0. The summed E-state index contributed by atoms with van der Waals surface area (Å²) in [5.41, 5.74) is 2.64. The molecule has 6 nitrogen and oxygen atoms in total. The highest BCUT2D eigenvalue weighted by Gasteiger charge is 2.26. The van der Waals surface area contributed by atoms with Crippen molar-refractivity contribution >= 4 is 27.8 Å². The number of halogens is 1. The number of furan rings is 1. The molecule has 4 rings (SSSR count). The van der Waals surface area contributed by atoms with Gasteiger partial charge in [0, 0.05) is 28.7 Å². The van der Waals surface area contributed by atoms with Gasteiger partial charge < -0.3 is 18.8 Å². The number of nitrogens with zero attached hydrogens (tertiary/aromatic N) is 1. The van der Waals surface area contributed by atoms with E-state index in [1.807, 2.05) is 47.4 Å². The van der Waals surface area contributed by atoms with Crippen LogP contribution in [0.25, 0.3) is 0 Å². The number of esters is 1. The third-order valence-electron chi connectivity index (χ3n) is 4.99. The maximum Gasteiger partial charge on any atom is 0.373 e. The molecule has 0 saturated carbocycles. The van der Waals surface area contributed by atoms with Crippen LogP contribution < -0.4 is 4.74 Å². The Bertz CT molecular complexity index is 1070. The maximum atomic E-state index is 13.0. The molecule has 0 aliphatic carbocycles. The van der Waals surface area contributed by atoms with Crippen molar-refractivity contribution in [1.82, 2.24) is 4.90 Å². The van der Waals surface area contributed by atoms with E-state index in [1.54, 1.807) is 12.1 Å². The highest BCUT2D eigenvalue weighted by atomic mass is 79.9. The molecule has 1 aliphatic rings. The zero-order valence-electron chi connectivity index (χ0n) is 16.4. The number of hydrogen-bond acceptors (Lipinski definition) is 5. The number of amides is 1. The first-order chi connectivity index (χ1) is 14.5. The zero-order chi connectivity index (χ0) is 21.1. The molecule has 154 valence electrons. The number of methoxy groups -OCH3 is 1. The van der Waals surface area contributed by atoms with Crippen molar-refractivity contribution in [1.29, 1.82) is 0 Å². The van der Waals surface area contributed by atoms with Gasteiger partial charge in [-0.15, -0.1) is 0 Å². The van der Waals surface area contributed by atoms with E-state index < -0.39 is 5.97 Å². The Morgan fingerprint density at radius 1 is 1.13 bits per heavy atom. The van der Waals surface area contributed by atoms with Crippen LogP contribution in [0, 0.1) is 0 Å². The van der Waals surface area contributed by atoms with Crippen molar-refractivity contribution in [2.75, 3.05) is 13.7 Å². The molecule has 3 aromatic rings. The molecule has 0 N–H and O–H groups in total. The van der Waals surface area contributed by atoms with Crippen molar-refractivity contribution < 1.29 is 23.5 Å². The molecule has 0 spiro atoms. The van der Waals surface area contributed by atoms with Gasteiger partial charge in [0.2, 0.25) is 5.76 Å². The number of hydrogen-bond donors (Lipinski definition) is 0. The predicted molar refractivity (Wildman–Crippen MR) is 113 cm³/mol. The lowest BCUT2D eigenvalue weighted by molar-refractivity contribution is 0.0560. The molecule has 0 radical (unpaired) electrons. The van der Waals surface area contributed by atoms with Crippen LogP contribution >= 0.6 is 15.9 Å². The highest BCUT2D eigenvalue weighted by molar-refractivity contribution is 9.10. The summed E-state index contributed by atoms with van der Waals surface area (Å²) in [7, 11) is 1.30. The van der Waals surface area contributed by atoms with Gasteiger partial charge in [-0.25, -0.2) is 4.79 Å². The third kappa shape index (κ3) is 4.26. The van der Waals surface area contributed by atoms with Crippen LogP contribution in [-0.4, -0.2) is 30.4 Å². The summed E-state index contributed by atoms with van der Waals surface area (Å²) < 4.78 is 17.0. The summed E-state index contributed by atoms with van der Waals surface area (Å²) in [6, 6.07) is 16.7. The number of rotatable bonds is 6. The number of benzene rings is 2. The SMILES string of the molecule is COC(=O)c1ccc(COc2cccc3c2CCN(Cc2ccc(Br)cc2)C3=O)o1. The van der Waals surface area contributed by atoms with E-state index in [2.05, 4.69) is 20.7 Å². The Morgan fingerprint density at radius 3 is 2.70 bits per heavy atom. The molecular formula is C23H20BrNO5. The van der Waals surface area contributed by atoms with Gasteiger partial charge >= 0.3 is 5.97 Å². The van der Waals surface area contributed by atoms with Crippen LogP contribution in [-0.2, 0) is 24.3 Å². The second-order valence-corrected chi connectivity index (χ2v) is 7.85. The smallest absolute Gasteiger partial charge is 0.373 e. The van der Waals surface area contributed by atoms with Gasteiger partial charge in [-0.1, -0.05) is 34.1 Å². The van der Waals surface area contributed by atoms with Crippen LogP contribution in [0.3, 0.4) is 0 Å². The lowest BCUT2D eigenvalue weighted by atomic mass is 9.97. The minimum Gasteiger partial charge on any atom is -0.485 e. The summed E-state index contributed by atoms with van der Waals surface area (Å²) in [6.07, 6.45) is 0.708. The van der Waals surface area contributed by atoms with Gasteiger partial charge in [-0.3, -0.25) is 4.79 Å². The van der Waals surface area contributed by atoms with Crippen LogP contribution in [0.4, 0.5) is 0 Å². The Kier molecular flexibility index (Phi) is 5.90. The van der Waals surface area contributed by atoms with E-state index >= 15 is 0 Å². The number of ether oxygens (including phenoxy) is 2. The Hall–Kier alpha value is -3.06. The molecule has 0 bridgehead atoms. The van der Waals surface area contributed by atoms with Crippen molar-refractivity contribution in [2.24, 2.45) is 0 Å². The normalized spacial score (nSPS) is 13.1. The molecule has 0 saturated heterocycles. The monoisotopic (exact) mass is 469 g/mol. The average Bonchev–Trinajstić information content (AvgIpc) is 3.24. The summed E-state index contributed by atoms with van der Waals surface area (Å²) in [5.74, 6) is 0.752. The molecule has 30 heavy (non-hydrogen) atoms. The topological polar surface area (TPSA) is 69.0 Å². The van der Waals surface area contributed by atoms with E-state index in [1.165, 1.54) is 7.11 Å². The van der Waals surface area contributed by atoms with Crippen LogP contribution in [0.15, 0.2) is 63.5 Å². The molecule has 1 amide bonds. The van der Waals surface area contributed by atoms with E-state index in [-0.39, 0.29) is 18.3 Å². The van der Waals surface area contributed by atoms with Gasteiger partial charge in [-0.2, -0.15) is 0 Å². The van der Waals surface area contributed by atoms with Gasteiger partial charge in [0.15, 0.2) is 0 Å². The molecule has 0 unspecified atom stereocenters. The van der Waals surface area contributed by atoms with Gasteiger partial charge in [0.1, 0.15) is 18.1 Å². The molecule has 0 atom stereocenters. The summed E-state index contributed by atoms with van der Waals surface area (Å²) >= 11 is 3.43. The van der Waals surface area contributed by atoms with Crippen molar-refractivity contribution in [2.45, 2.75) is 19.6 Å². The molecule has 1 aromatic heterocycles. The summed E-state index contributed by atoms with van der Waals surface area (Å²) in [4.78, 5) is 26.4. The molecule has 2 heterocycles. The second-order valence-electron chi connectivity index (χ2n) is 6.93. The quantitative estimate of drug-likeness (QED) is 0.493. The van der Waals surface area contributed by atoms with Crippen molar-refractivity contribution in [3.05, 3.63) is 87.3 Å². The Labute approximate surface area is 182 Å². The molecule has 1 aliphatic heterocycles. The molecule has 2 aromatic carbocycles. The standard InChI is InChI=1S/C23H20BrNO5/c1-28-23(27)21-10-9-17(30-21)14-29-20-4-2-3-19-18(20)11-12-25(22(19)26)13-15-5-7-16(24)8-6-15/h2-10H,11-14H2,1H3. The van der Waals surface area contributed by atoms with E-state index in [0.717, 1.165) is 15.6 Å². The minimum absolute atomic E-state index is 0.00408. The second kappa shape index (κ2) is 8.75. The third-order valence-corrected chi connectivity index (χ3v) is 5.52. The maximum absolute atomic E-state index is 13.0. The average molecular weight is 470 g/mol. The van der Waals surface area contributed by atoms with Crippen molar-refractivity contribution in [3.63, 3.8) is 0 Å². The lowest BCUT2D eigenvalue weighted by Crippen LogP contribution is -2.37. The van der Waals surface area contributed by atoms with Crippen LogP contribution in [0.2, 0.25) is 0 Å². The molecule has 0 fully saturated rings. The Balaban J connectivity index is 1.46. The van der Waals surface area contributed by atoms with E-state index in [0.29, 0.717) is 36.6 Å². The van der Waals surface area contributed by atoms with Gasteiger partial charge in [0.25, 0.3) is 5.91 Å². The lowest BCUT2D eigenvalue weighted by Gasteiger charge is -2.29. The van der Waals surface area contributed by atoms with Crippen LogP contribution in [0.1, 0.15) is 37.8 Å². The molecule has 7 heteroatoms. The first kappa shape index (κ1) is 20.2. The van der Waals surface area contributed by atoms with Gasteiger partial charge in [0.05, 0.1) is 7.11 Å². The highest BCUT2D eigenvalue weighted by Crippen LogP contribution is 2.29. The van der Waals surface area contributed by atoms with E-state index in [4.69, 9.17) is 9.15 Å². The van der Waals surface area contributed by atoms with Crippen LogP contribution in [0.5, 0.6) is 5.75 Å². The van der Waals surface area contributed by atoms with Crippen molar-refractivity contribution in [3.8, 4) is 5.75 Å². The first-order valence-electron chi connectivity index (χ1n) is 9.50. The number of fused-ring (bicyclic) bond motifs is 1. The fourth-order valence-electron chi connectivity index (χ4n) is 3.45. The fourth-order valence-corrected chi connectivity index (χ4v) is 3.72. The van der Waals surface area contributed by atoms with Gasteiger partial charge in [-0.05, 0) is 48.4 Å².